The highest BCUT2D eigenvalue weighted by Crippen LogP contribution is 2.41. The Labute approximate surface area is 152 Å². The van der Waals surface area contributed by atoms with E-state index in [9.17, 15) is 5.11 Å². The van der Waals surface area contributed by atoms with Gasteiger partial charge < -0.3 is 14.1 Å². The Balaban J connectivity index is 2.04. The van der Waals surface area contributed by atoms with Crippen LogP contribution in [0.5, 0.6) is 5.75 Å². The van der Waals surface area contributed by atoms with E-state index >= 15 is 0 Å². The number of rotatable bonds is 3. The molecule has 1 aromatic carbocycles. The van der Waals surface area contributed by atoms with Crippen molar-refractivity contribution in [1.29, 1.82) is 0 Å². The summed E-state index contributed by atoms with van der Waals surface area (Å²) in [7, 11) is 0.170. The van der Waals surface area contributed by atoms with Crippen LogP contribution >= 0.6 is 0 Å². The SMILES string of the molecule is Cn1c(CO[Si](C)(C)C(C)(C)C)c(O)c2c3c(ccc21)CCCC=C3. The zero-order valence-corrected chi connectivity index (χ0v) is 17.4. The maximum Gasteiger partial charge on any atom is 0.192 e. The molecular weight excluding hydrogens is 326 g/mol. The largest absolute Gasteiger partial charge is 0.505 e. The predicted octanol–water partition coefficient (Wildman–Crippen LogP) is 5.76. The van der Waals surface area contributed by atoms with Crippen molar-refractivity contribution >= 4 is 25.3 Å². The third-order valence-corrected chi connectivity index (χ3v) is 10.5. The van der Waals surface area contributed by atoms with E-state index in [2.05, 4.69) is 62.7 Å². The van der Waals surface area contributed by atoms with E-state index in [4.69, 9.17) is 4.43 Å². The van der Waals surface area contributed by atoms with Crippen LogP contribution in [0.2, 0.25) is 18.1 Å². The highest BCUT2D eigenvalue weighted by atomic mass is 28.4. The number of allylic oxidation sites excluding steroid dienone is 1. The standard InChI is InChI=1S/C21H31NO2Si/c1-21(2,3)25(5,6)24-14-18-20(23)19-16-11-9-7-8-10-15(16)12-13-17(19)22(18)4/h9,11-13,23H,7-8,10,14H2,1-6H3. The number of fused-ring (bicyclic) bond motifs is 3. The molecule has 0 bridgehead atoms. The van der Waals surface area contributed by atoms with Crippen LogP contribution in [0.4, 0.5) is 0 Å². The van der Waals surface area contributed by atoms with Gasteiger partial charge in [-0.3, -0.25) is 0 Å². The second kappa shape index (κ2) is 6.33. The number of benzene rings is 1. The summed E-state index contributed by atoms with van der Waals surface area (Å²) in [5, 5.41) is 12.1. The van der Waals surface area contributed by atoms with Crippen molar-refractivity contribution in [3.05, 3.63) is 35.0 Å². The molecule has 0 fully saturated rings. The minimum Gasteiger partial charge on any atom is -0.505 e. The molecule has 1 aliphatic carbocycles. The van der Waals surface area contributed by atoms with Gasteiger partial charge in [0.2, 0.25) is 0 Å². The molecule has 0 saturated heterocycles. The fourth-order valence-corrected chi connectivity index (χ4v) is 4.21. The molecule has 0 spiro atoms. The average molecular weight is 358 g/mol. The summed E-state index contributed by atoms with van der Waals surface area (Å²) in [6, 6.07) is 4.36. The third kappa shape index (κ3) is 3.18. The van der Waals surface area contributed by atoms with Gasteiger partial charge in [-0.25, -0.2) is 0 Å². The van der Waals surface area contributed by atoms with Gasteiger partial charge in [0.05, 0.1) is 17.8 Å². The van der Waals surface area contributed by atoms with Crippen molar-refractivity contribution in [2.75, 3.05) is 0 Å². The molecule has 1 N–H and O–H groups in total. The third-order valence-electron chi connectivity index (χ3n) is 6.07. The first-order valence-corrected chi connectivity index (χ1v) is 12.2. The maximum atomic E-state index is 11.0. The molecule has 25 heavy (non-hydrogen) atoms. The van der Waals surface area contributed by atoms with Gasteiger partial charge >= 0.3 is 0 Å². The van der Waals surface area contributed by atoms with Crippen LogP contribution in [0.15, 0.2) is 18.2 Å². The Bertz CT molecular complexity index is 825. The van der Waals surface area contributed by atoms with Gasteiger partial charge in [0.25, 0.3) is 0 Å². The van der Waals surface area contributed by atoms with E-state index in [0.717, 1.165) is 29.4 Å². The van der Waals surface area contributed by atoms with Crippen molar-refractivity contribution in [1.82, 2.24) is 4.57 Å². The molecular formula is C21H31NO2Si. The summed E-state index contributed by atoms with van der Waals surface area (Å²) in [6.45, 7) is 11.7. The molecule has 2 aromatic rings. The van der Waals surface area contributed by atoms with Crippen molar-refractivity contribution < 1.29 is 9.53 Å². The number of nitrogens with zero attached hydrogens (tertiary/aromatic N) is 1. The lowest BCUT2D eigenvalue weighted by Gasteiger charge is -2.36. The van der Waals surface area contributed by atoms with Crippen LogP contribution in [0, 0.1) is 0 Å². The van der Waals surface area contributed by atoms with E-state index < -0.39 is 8.32 Å². The van der Waals surface area contributed by atoms with Crippen LogP contribution in [-0.4, -0.2) is 18.0 Å². The minimum absolute atomic E-state index is 0.160. The molecule has 4 heteroatoms. The fraction of sp³-hybridized carbons (Fsp3) is 0.524. The van der Waals surface area contributed by atoms with Gasteiger partial charge in [-0.05, 0) is 54.6 Å². The molecule has 0 saturated carbocycles. The summed E-state index contributed by atoms with van der Waals surface area (Å²) in [5.74, 6) is 0.389. The lowest BCUT2D eigenvalue weighted by atomic mass is 10.00. The van der Waals surface area contributed by atoms with Crippen LogP contribution in [0.25, 0.3) is 17.0 Å². The second-order valence-electron chi connectivity index (χ2n) is 8.73. The average Bonchev–Trinajstić information content (AvgIpc) is 2.69. The zero-order valence-electron chi connectivity index (χ0n) is 16.4. The van der Waals surface area contributed by atoms with E-state index in [1.165, 1.54) is 17.5 Å². The number of hydrogen-bond acceptors (Lipinski definition) is 2. The molecule has 0 radical (unpaired) electrons. The molecule has 1 aromatic heterocycles. The highest BCUT2D eigenvalue weighted by Gasteiger charge is 2.37. The number of aromatic nitrogens is 1. The number of aromatic hydroxyl groups is 1. The minimum atomic E-state index is -1.86. The van der Waals surface area contributed by atoms with E-state index in [0.29, 0.717) is 12.4 Å². The van der Waals surface area contributed by atoms with Crippen LogP contribution in [0.1, 0.15) is 50.4 Å². The van der Waals surface area contributed by atoms with Gasteiger partial charge in [0.1, 0.15) is 5.75 Å². The van der Waals surface area contributed by atoms with Gasteiger partial charge in [-0.15, -0.1) is 0 Å². The van der Waals surface area contributed by atoms with E-state index in [1.54, 1.807) is 0 Å². The maximum absolute atomic E-state index is 11.0. The summed E-state index contributed by atoms with van der Waals surface area (Å²) in [6.07, 6.45) is 7.75. The van der Waals surface area contributed by atoms with Crippen molar-refractivity contribution in [3.63, 3.8) is 0 Å². The summed E-state index contributed by atoms with van der Waals surface area (Å²) >= 11 is 0. The van der Waals surface area contributed by atoms with E-state index in [-0.39, 0.29) is 5.04 Å². The Morgan fingerprint density at radius 3 is 2.64 bits per heavy atom. The first-order chi connectivity index (χ1) is 11.6. The molecule has 0 aliphatic heterocycles. The summed E-state index contributed by atoms with van der Waals surface area (Å²) in [4.78, 5) is 0. The van der Waals surface area contributed by atoms with Gasteiger partial charge in [0, 0.05) is 12.4 Å². The Morgan fingerprint density at radius 2 is 1.96 bits per heavy atom. The summed E-state index contributed by atoms with van der Waals surface area (Å²) < 4.78 is 8.47. The lowest BCUT2D eigenvalue weighted by molar-refractivity contribution is 0.263. The Hall–Kier alpha value is -1.52. The molecule has 136 valence electrons. The molecule has 1 aliphatic rings. The van der Waals surface area contributed by atoms with Crippen LogP contribution < -0.4 is 0 Å². The normalized spacial score (nSPS) is 15.4. The first-order valence-electron chi connectivity index (χ1n) is 9.26. The molecule has 0 unspecified atom stereocenters. The zero-order chi connectivity index (χ0) is 18.4. The van der Waals surface area contributed by atoms with Crippen molar-refractivity contribution in [3.8, 4) is 5.75 Å². The van der Waals surface area contributed by atoms with Gasteiger partial charge in [-0.2, -0.15) is 0 Å². The highest BCUT2D eigenvalue weighted by molar-refractivity contribution is 6.74. The van der Waals surface area contributed by atoms with Gasteiger partial charge in [-0.1, -0.05) is 39.0 Å². The quantitative estimate of drug-likeness (QED) is 0.709. The molecule has 0 atom stereocenters. The fourth-order valence-electron chi connectivity index (χ4n) is 3.28. The summed E-state index contributed by atoms with van der Waals surface area (Å²) in [5.41, 5.74) is 4.48. The van der Waals surface area contributed by atoms with Crippen LogP contribution in [0.3, 0.4) is 0 Å². The molecule has 3 nitrogen and oxygen atoms in total. The second-order valence-corrected chi connectivity index (χ2v) is 13.5. The molecule has 0 amide bonds. The van der Waals surface area contributed by atoms with Crippen LogP contribution in [-0.2, 0) is 24.5 Å². The molecule has 3 rings (SSSR count). The predicted molar refractivity (Wildman–Crippen MR) is 109 cm³/mol. The Morgan fingerprint density at radius 1 is 1.24 bits per heavy atom. The van der Waals surface area contributed by atoms with Gasteiger partial charge in [0.15, 0.2) is 8.32 Å². The van der Waals surface area contributed by atoms with E-state index in [1.807, 2.05) is 7.05 Å². The lowest BCUT2D eigenvalue weighted by Crippen LogP contribution is -2.40. The first kappa shape index (κ1) is 18.3. The number of hydrogen-bond donors (Lipinski definition) is 1. The Kier molecular flexibility index (Phi) is 4.63. The number of aryl methyl sites for hydroxylation is 2. The molecule has 1 heterocycles. The van der Waals surface area contributed by atoms with Crippen molar-refractivity contribution in [2.24, 2.45) is 7.05 Å². The topological polar surface area (TPSA) is 34.4 Å². The monoisotopic (exact) mass is 357 g/mol. The van der Waals surface area contributed by atoms with Crippen molar-refractivity contribution in [2.45, 2.75) is 64.8 Å². The smallest absolute Gasteiger partial charge is 0.192 e.